The van der Waals surface area contributed by atoms with Crippen LogP contribution in [-0.2, 0) is 0 Å². The van der Waals surface area contributed by atoms with Gasteiger partial charge >= 0.3 is 0 Å². The van der Waals surface area contributed by atoms with Crippen molar-refractivity contribution in [2.75, 3.05) is 27.3 Å². The highest BCUT2D eigenvalue weighted by molar-refractivity contribution is 6.37. The van der Waals surface area contributed by atoms with Crippen molar-refractivity contribution < 1.29 is 23.9 Å². The van der Waals surface area contributed by atoms with E-state index in [4.69, 9.17) is 21.1 Å². The van der Waals surface area contributed by atoms with Gasteiger partial charge in [-0.3, -0.25) is 19.3 Å². The van der Waals surface area contributed by atoms with E-state index < -0.39 is 11.8 Å². The summed E-state index contributed by atoms with van der Waals surface area (Å²) >= 11 is 6.02. The molecule has 0 radical (unpaired) electrons. The van der Waals surface area contributed by atoms with Crippen LogP contribution in [0.25, 0.3) is 0 Å². The minimum atomic E-state index is -0.457. The van der Waals surface area contributed by atoms with Crippen molar-refractivity contribution in [2.45, 2.75) is 0 Å². The van der Waals surface area contributed by atoms with E-state index in [1.165, 1.54) is 14.2 Å². The summed E-state index contributed by atoms with van der Waals surface area (Å²) in [6.07, 6.45) is 0. The van der Waals surface area contributed by atoms with Crippen LogP contribution in [-0.4, -0.2) is 49.9 Å². The highest BCUT2D eigenvalue weighted by atomic mass is 35.5. The van der Waals surface area contributed by atoms with Crippen molar-refractivity contribution >= 4 is 29.3 Å². The molecule has 0 atom stereocenters. The first-order valence-corrected chi connectivity index (χ1v) is 8.50. The Balaban J connectivity index is 1.64. The summed E-state index contributed by atoms with van der Waals surface area (Å²) in [5.41, 5.74) is 0.854. The summed E-state index contributed by atoms with van der Waals surface area (Å²) in [7, 11) is 2.98. The molecule has 140 valence electrons. The van der Waals surface area contributed by atoms with Gasteiger partial charge in [0.1, 0.15) is 0 Å². The molecular weight excluding hydrogens is 372 g/mol. The van der Waals surface area contributed by atoms with Gasteiger partial charge in [-0.2, -0.15) is 0 Å². The number of amides is 3. The first-order valence-electron chi connectivity index (χ1n) is 8.13. The maximum atomic E-state index is 12.4. The third-order valence-corrected chi connectivity index (χ3v) is 4.53. The lowest BCUT2D eigenvalue weighted by Crippen LogP contribution is -2.38. The van der Waals surface area contributed by atoms with Gasteiger partial charge in [0, 0.05) is 18.7 Å². The molecule has 3 rings (SSSR count). The lowest BCUT2D eigenvalue weighted by molar-refractivity contribution is 0.0650. The van der Waals surface area contributed by atoms with Crippen molar-refractivity contribution in [3.05, 3.63) is 58.1 Å². The van der Waals surface area contributed by atoms with E-state index >= 15 is 0 Å². The number of nitrogens with zero attached hydrogens (tertiary/aromatic N) is 1. The van der Waals surface area contributed by atoms with E-state index in [0.29, 0.717) is 17.1 Å². The molecule has 2 aromatic rings. The zero-order valence-electron chi connectivity index (χ0n) is 14.7. The van der Waals surface area contributed by atoms with Crippen LogP contribution < -0.4 is 14.8 Å². The van der Waals surface area contributed by atoms with Crippen molar-refractivity contribution in [3.63, 3.8) is 0 Å². The standard InChI is InChI=1S/C19H17ClN2O5/c1-26-14-7-6-11(10-15(14)27-2)17(23)21-8-9-22-18(24)12-4-3-5-13(20)16(12)19(22)25/h3-7,10H,8-9H2,1-2H3,(H,21,23). The highest BCUT2D eigenvalue weighted by Gasteiger charge is 2.36. The minimum absolute atomic E-state index is 0.0434. The fraction of sp³-hybridized carbons (Fsp3) is 0.211. The molecule has 0 spiro atoms. The predicted octanol–water partition coefficient (Wildman–Crippen LogP) is 2.38. The van der Waals surface area contributed by atoms with Gasteiger partial charge in [0.05, 0.1) is 30.4 Å². The van der Waals surface area contributed by atoms with Gasteiger partial charge in [0.25, 0.3) is 17.7 Å². The number of fused-ring (bicyclic) bond motifs is 1. The third kappa shape index (κ3) is 3.46. The minimum Gasteiger partial charge on any atom is -0.493 e. The summed E-state index contributed by atoms with van der Waals surface area (Å²) in [6.45, 7) is 0.151. The largest absolute Gasteiger partial charge is 0.493 e. The van der Waals surface area contributed by atoms with Gasteiger partial charge in [0.15, 0.2) is 11.5 Å². The van der Waals surface area contributed by atoms with Crippen LogP contribution in [0.15, 0.2) is 36.4 Å². The molecule has 0 aliphatic carbocycles. The van der Waals surface area contributed by atoms with Crippen LogP contribution in [0.4, 0.5) is 0 Å². The third-order valence-electron chi connectivity index (χ3n) is 4.21. The van der Waals surface area contributed by atoms with E-state index in [-0.39, 0.29) is 35.1 Å². The first kappa shape index (κ1) is 18.7. The second kappa shape index (κ2) is 7.67. The topological polar surface area (TPSA) is 84.9 Å². The number of ether oxygens (including phenoxy) is 2. The molecule has 1 aliphatic rings. The quantitative estimate of drug-likeness (QED) is 0.768. The number of hydrogen-bond donors (Lipinski definition) is 1. The number of rotatable bonds is 6. The van der Waals surface area contributed by atoms with E-state index in [0.717, 1.165) is 4.90 Å². The number of carbonyl (C=O) groups excluding carboxylic acids is 3. The lowest BCUT2D eigenvalue weighted by Gasteiger charge is -2.14. The molecule has 7 nitrogen and oxygen atoms in total. The number of halogens is 1. The molecule has 8 heteroatoms. The van der Waals surface area contributed by atoms with Gasteiger partial charge in [-0.05, 0) is 30.3 Å². The fourth-order valence-electron chi connectivity index (χ4n) is 2.86. The molecule has 1 N–H and O–H groups in total. The van der Waals surface area contributed by atoms with Crippen molar-refractivity contribution in [2.24, 2.45) is 0 Å². The van der Waals surface area contributed by atoms with Crippen molar-refractivity contribution in [1.82, 2.24) is 10.2 Å². The number of hydrogen-bond acceptors (Lipinski definition) is 5. The molecule has 0 bridgehead atoms. The normalized spacial score (nSPS) is 12.8. The smallest absolute Gasteiger partial charge is 0.263 e. The van der Waals surface area contributed by atoms with Gasteiger partial charge in [-0.1, -0.05) is 17.7 Å². The average molecular weight is 389 g/mol. The average Bonchev–Trinajstić information content (AvgIpc) is 2.93. The number of nitrogens with one attached hydrogen (secondary N) is 1. The molecule has 0 saturated carbocycles. The van der Waals surface area contributed by atoms with Crippen LogP contribution in [0.3, 0.4) is 0 Å². The van der Waals surface area contributed by atoms with E-state index in [1.54, 1.807) is 36.4 Å². The summed E-state index contributed by atoms with van der Waals surface area (Å²) < 4.78 is 10.3. The Morgan fingerprint density at radius 1 is 1.07 bits per heavy atom. The molecule has 27 heavy (non-hydrogen) atoms. The Kier molecular flexibility index (Phi) is 5.32. The van der Waals surface area contributed by atoms with Crippen LogP contribution >= 0.6 is 11.6 Å². The van der Waals surface area contributed by atoms with Crippen LogP contribution in [0, 0.1) is 0 Å². The highest BCUT2D eigenvalue weighted by Crippen LogP contribution is 2.29. The lowest BCUT2D eigenvalue weighted by atomic mass is 10.1. The zero-order chi connectivity index (χ0) is 19.6. The molecule has 1 aliphatic heterocycles. The zero-order valence-corrected chi connectivity index (χ0v) is 15.5. The molecule has 0 saturated heterocycles. The molecule has 0 fully saturated rings. The summed E-state index contributed by atoms with van der Waals surface area (Å²) in [5.74, 6) is -0.290. The first-order chi connectivity index (χ1) is 13.0. The molecule has 2 aromatic carbocycles. The number of carbonyl (C=O) groups is 3. The summed E-state index contributed by atoms with van der Waals surface area (Å²) in [5, 5.41) is 2.92. The summed E-state index contributed by atoms with van der Waals surface area (Å²) in [4.78, 5) is 38.1. The Morgan fingerprint density at radius 2 is 1.81 bits per heavy atom. The van der Waals surface area contributed by atoms with E-state index in [1.807, 2.05) is 0 Å². The SMILES string of the molecule is COc1ccc(C(=O)NCCN2C(=O)c3cccc(Cl)c3C2=O)cc1OC. The Bertz CT molecular complexity index is 928. The van der Waals surface area contributed by atoms with Gasteiger partial charge in [-0.25, -0.2) is 0 Å². The second-order valence-corrected chi connectivity index (χ2v) is 6.16. The number of methoxy groups -OCH3 is 2. The molecule has 0 aromatic heterocycles. The van der Waals surface area contributed by atoms with Gasteiger partial charge in [-0.15, -0.1) is 0 Å². The Hall–Kier alpha value is -3.06. The molecule has 1 heterocycles. The maximum Gasteiger partial charge on any atom is 0.263 e. The monoisotopic (exact) mass is 388 g/mol. The second-order valence-electron chi connectivity index (χ2n) is 5.75. The van der Waals surface area contributed by atoms with Crippen LogP contribution in [0.5, 0.6) is 11.5 Å². The number of benzene rings is 2. The van der Waals surface area contributed by atoms with Gasteiger partial charge in [0.2, 0.25) is 0 Å². The molecular formula is C19H17ClN2O5. The molecule has 0 unspecified atom stereocenters. The Morgan fingerprint density at radius 3 is 2.48 bits per heavy atom. The fourth-order valence-corrected chi connectivity index (χ4v) is 3.11. The Labute approximate surface area is 160 Å². The predicted molar refractivity (Wildman–Crippen MR) is 98.7 cm³/mol. The van der Waals surface area contributed by atoms with Crippen LogP contribution in [0.2, 0.25) is 5.02 Å². The van der Waals surface area contributed by atoms with E-state index in [9.17, 15) is 14.4 Å². The van der Waals surface area contributed by atoms with Crippen molar-refractivity contribution in [3.8, 4) is 11.5 Å². The summed E-state index contributed by atoms with van der Waals surface area (Å²) in [6, 6.07) is 9.51. The van der Waals surface area contributed by atoms with E-state index in [2.05, 4.69) is 5.32 Å². The molecule has 3 amide bonds. The van der Waals surface area contributed by atoms with Gasteiger partial charge < -0.3 is 14.8 Å². The number of imide groups is 1. The maximum absolute atomic E-state index is 12.4. The van der Waals surface area contributed by atoms with Crippen molar-refractivity contribution in [1.29, 1.82) is 0 Å². The van der Waals surface area contributed by atoms with Crippen LogP contribution in [0.1, 0.15) is 31.1 Å².